The third-order valence-corrected chi connectivity index (χ3v) is 35.4. The Morgan fingerprint density at radius 3 is 1.10 bits per heavy atom. The van der Waals surface area contributed by atoms with Crippen LogP contribution in [0.5, 0.6) is 0 Å². The van der Waals surface area contributed by atoms with Gasteiger partial charge in [-0.15, -0.1) is 0 Å². The van der Waals surface area contributed by atoms with E-state index in [1.54, 1.807) is 60.7 Å². The molecule has 2 fully saturated rings. The summed E-state index contributed by atoms with van der Waals surface area (Å²) in [5, 5.41) is 24.7. The van der Waals surface area contributed by atoms with Crippen LogP contribution in [0.4, 0.5) is 9.59 Å². The van der Waals surface area contributed by atoms with Gasteiger partial charge in [-0.1, -0.05) is 220 Å². The van der Waals surface area contributed by atoms with Crippen molar-refractivity contribution in [3.8, 4) is 22.3 Å². The van der Waals surface area contributed by atoms with Crippen molar-refractivity contribution in [3.05, 3.63) is 180 Å². The second-order valence-electron chi connectivity index (χ2n) is 34.5. The zero-order valence-corrected chi connectivity index (χ0v) is 76.0. The normalized spacial score (nSPS) is 16.2. The van der Waals surface area contributed by atoms with Gasteiger partial charge in [-0.3, -0.25) is 57.5 Å². The molecule has 32 heteroatoms. The van der Waals surface area contributed by atoms with Gasteiger partial charge in [0.25, 0.3) is 11.8 Å². The molecule has 4 aliphatic rings. The van der Waals surface area contributed by atoms with Gasteiger partial charge in [0.2, 0.25) is 59.1 Å². The molecular formula is C92H116N12O16P2S2. The minimum Gasteiger partial charge on any atom is -0.448 e. The van der Waals surface area contributed by atoms with Crippen LogP contribution in [0.15, 0.2) is 158 Å². The van der Waals surface area contributed by atoms with Crippen LogP contribution in [0.25, 0.3) is 22.3 Å². The van der Waals surface area contributed by atoms with E-state index in [9.17, 15) is 28.8 Å². The first-order valence-corrected chi connectivity index (χ1v) is 48.4. The molecule has 8 atom stereocenters. The fraction of sp³-hybridized carbons (Fsp3) is 0.457. The number of amides is 14. The van der Waals surface area contributed by atoms with Crippen LogP contribution in [0.1, 0.15) is 188 Å². The zero-order valence-electron chi connectivity index (χ0n) is 72.6. The van der Waals surface area contributed by atoms with Crippen LogP contribution in [-0.2, 0) is 90.6 Å². The van der Waals surface area contributed by atoms with Crippen LogP contribution >= 0.6 is 12.1 Å². The van der Waals surface area contributed by atoms with E-state index in [0.29, 0.717) is 20.4 Å². The molecule has 0 aromatic heterocycles. The number of nitrogens with one attached hydrogen (secondary N) is 9. The Bertz CT molecular complexity index is 4980. The van der Waals surface area contributed by atoms with Crippen molar-refractivity contribution < 1.29 is 76.6 Å². The number of nitrogens with zero attached hydrogens (tertiary/aromatic N) is 2. The highest BCUT2D eigenvalue weighted by Crippen LogP contribution is 2.64. The van der Waals surface area contributed by atoms with Gasteiger partial charge in [0.15, 0.2) is 0 Å². The van der Waals surface area contributed by atoms with Crippen LogP contribution in [0.3, 0.4) is 0 Å². The smallest absolute Gasteiger partial charge is 0.417 e. The van der Waals surface area contributed by atoms with Crippen molar-refractivity contribution in [2.75, 3.05) is 25.5 Å². The zero-order chi connectivity index (χ0) is 90.5. The Morgan fingerprint density at radius 1 is 0.395 bits per heavy atom. The molecule has 4 aliphatic carbocycles. The highest BCUT2D eigenvalue weighted by Gasteiger charge is 2.51. The number of hydrogen-bond donors (Lipinski definition) is 10. The van der Waals surface area contributed by atoms with Gasteiger partial charge in [-0.2, -0.15) is 0 Å². The Morgan fingerprint density at radius 2 is 0.718 bits per heavy atom. The number of imide groups is 2. The maximum Gasteiger partial charge on any atom is 0.417 e. The second-order valence-corrected chi connectivity index (χ2v) is 44.8. The summed E-state index contributed by atoms with van der Waals surface area (Å²) in [5.74, 6) is -12.2. The molecule has 662 valence electrons. The Hall–Kier alpha value is -10.8. The Kier molecular flexibility index (Phi) is 31.5. The summed E-state index contributed by atoms with van der Waals surface area (Å²) in [7, 11) is 0. The molecule has 124 heavy (non-hydrogen) atoms. The van der Waals surface area contributed by atoms with Crippen LogP contribution in [0.2, 0.25) is 0 Å². The number of nitrogens with two attached hydrogens (primary N) is 1. The maximum atomic E-state index is 16.3. The summed E-state index contributed by atoms with van der Waals surface area (Å²) in [5.41, 5.74) is 6.46. The predicted octanol–water partition coefficient (Wildman–Crippen LogP) is 8.77. The van der Waals surface area contributed by atoms with Crippen LogP contribution in [-0.4, -0.2) is 195 Å². The van der Waals surface area contributed by atoms with Crippen LogP contribution in [0, 0.1) is 0 Å². The molecule has 11 N–H and O–H groups in total. The molecule has 0 radical (unpaired) electrons. The molecule has 2 saturated carbocycles. The molecule has 0 saturated heterocycles. The highest BCUT2D eigenvalue weighted by molar-refractivity contribution is 8.22. The molecular weight excluding hydrogens is 1660 g/mol. The third-order valence-electron chi connectivity index (χ3n) is 23.9. The Labute approximate surface area is 735 Å². The van der Waals surface area contributed by atoms with Crippen molar-refractivity contribution in [2.45, 2.75) is 242 Å². The topological polar surface area (TPSA) is 398 Å². The average molecular weight is 1770 g/mol. The molecule has 0 aliphatic heterocycles. The number of rotatable bonds is 34. The number of hydrogen-bond acceptors (Lipinski definition) is 18. The molecule has 14 amide bonds. The molecule has 0 heterocycles. The van der Waals surface area contributed by atoms with Crippen molar-refractivity contribution in [2.24, 2.45) is 5.73 Å². The lowest BCUT2D eigenvalue weighted by Crippen LogP contribution is -2.66. The largest absolute Gasteiger partial charge is 0.448 e. The number of carbonyl (C=O) groups excluding carboxylic acids is 14. The number of fused-ring (bicyclic) bond motifs is 6. The first kappa shape index (κ1) is 95.4. The van der Waals surface area contributed by atoms with Crippen LogP contribution < -0.4 is 64.2 Å². The first-order chi connectivity index (χ1) is 58.6. The van der Waals surface area contributed by atoms with E-state index < -0.39 is 178 Å². The molecule has 0 unspecified atom stereocenters. The molecule has 10 rings (SSSR count). The molecule has 6 aromatic rings. The highest BCUT2D eigenvalue weighted by atomic mass is 32.4. The quantitative estimate of drug-likeness (QED) is 0.0169. The van der Waals surface area contributed by atoms with Gasteiger partial charge < -0.3 is 63.1 Å². The van der Waals surface area contributed by atoms with E-state index in [-0.39, 0.29) is 30.7 Å². The fourth-order valence-corrected chi connectivity index (χ4v) is 27.0. The van der Waals surface area contributed by atoms with Gasteiger partial charge >= 0.3 is 12.2 Å². The van der Waals surface area contributed by atoms with Crippen molar-refractivity contribution >= 4 is 129 Å². The summed E-state index contributed by atoms with van der Waals surface area (Å²) < 4.78 is 12.6. The molecule has 6 aromatic carbocycles. The number of benzene rings is 6. The number of carbonyl (C=O) groups is 14. The number of primary amides is 1. The number of ether oxygens (including phenoxy) is 2. The van der Waals surface area contributed by atoms with E-state index in [0.717, 1.165) is 109 Å². The summed E-state index contributed by atoms with van der Waals surface area (Å²) in [6, 6.07) is 29.3. The molecule has 0 spiro atoms. The summed E-state index contributed by atoms with van der Waals surface area (Å²) in [4.78, 5) is 207. The van der Waals surface area contributed by atoms with Crippen molar-refractivity contribution in [1.82, 2.24) is 57.7 Å². The van der Waals surface area contributed by atoms with Crippen molar-refractivity contribution in [1.29, 1.82) is 0 Å². The first-order valence-electron chi connectivity index (χ1n) is 42.3. The van der Waals surface area contributed by atoms with Gasteiger partial charge in [0, 0.05) is 37.1 Å². The SMILES string of the molecule is CC(=O)N[C@@H](C)C(=O)NC(C)(C)C(=O)N[C@@H](C)C(=O)N(C(=O)OCC1c2ccccc2-c2ccccc21)[C@@H](CP(=S)(C1CCCCC1)C1CCCCC1)C(=O)N[C@@H](C)C(=O)N[C@@H](C)C(=O)NC(C)(C)C(=O)N(C(=O)OCC1c2ccccc2-c2ccccc21)[C@@H](CP(=S)(c1ccccc1)c1ccccc1)C(=O)N[C@@H](C)C(=O)NC(C)(C)C(=O)N[C@@H](C)C(N)=O. The minimum atomic E-state index is -3.43. The lowest BCUT2D eigenvalue weighted by atomic mass is 9.98. The third kappa shape index (κ3) is 22.3. The molecule has 28 nitrogen and oxygen atoms in total. The van der Waals surface area contributed by atoms with Gasteiger partial charge in [0.1, 0.15) is 78.2 Å². The van der Waals surface area contributed by atoms with E-state index >= 15 is 38.4 Å². The lowest BCUT2D eigenvalue weighted by Gasteiger charge is -2.44. The van der Waals surface area contributed by atoms with Gasteiger partial charge in [-0.25, -0.2) is 19.4 Å². The van der Waals surface area contributed by atoms with E-state index in [2.05, 4.69) is 47.9 Å². The summed E-state index contributed by atoms with van der Waals surface area (Å²) in [6.07, 6.45) is 5.03. The maximum absolute atomic E-state index is 16.3. The summed E-state index contributed by atoms with van der Waals surface area (Å²) in [6.45, 7) is 16.6. The average Bonchev–Trinajstić information content (AvgIpc) is 1.67. The Balaban J connectivity index is 0.979. The predicted molar refractivity (Wildman–Crippen MR) is 483 cm³/mol. The second kappa shape index (κ2) is 40.9. The minimum absolute atomic E-state index is 0.0645. The van der Waals surface area contributed by atoms with E-state index in [4.69, 9.17) is 38.8 Å². The van der Waals surface area contributed by atoms with Gasteiger partial charge in [-0.05, 0) is 181 Å². The van der Waals surface area contributed by atoms with E-state index in [1.165, 1.54) is 90.0 Å². The fourth-order valence-electron chi connectivity index (χ4n) is 16.8. The summed E-state index contributed by atoms with van der Waals surface area (Å²) >= 11 is 13.8. The molecule has 0 bridgehead atoms. The van der Waals surface area contributed by atoms with E-state index in [1.807, 2.05) is 97.1 Å². The van der Waals surface area contributed by atoms with Crippen molar-refractivity contribution in [3.63, 3.8) is 0 Å². The monoisotopic (exact) mass is 1770 g/mol. The van der Waals surface area contributed by atoms with Gasteiger partial charge in [0.05, 0.1) is 0 Å². The lowest BCUT2D eigenvalue weighted by molar-refractivity contribution is -0.145. The standard InChI is InChI=1S/C92H116N12O16P2S2/c1-54(77(93)106)98-85(114)90(8,9)101-80(109)58(5)97-83(112)76(53-122(124,63-38-22-16-23-39-63)64-40-24-17-25-41-64)104(89(118)120-51-74-71-48-32-28-44-67(71)68-45-29-33-49-72(68)74)87(116)92(12,13)102-81(110)57(4)95-78(107)55(2)96-82(111)75(52-121(123,61-34-18-14-19-35-61)62-36-20-15-21-37-62)103(84(113)59(6)99-86(115)91(10,11)100-79(108)56(3)94-60(7)105)88(117)119-50-73-69-46-30-26-42-65(69)66-43-27-31-47-70(66)73/h16-17,22-33,38-49,54-59,61-62,73-76H,14-15,18-21,34-37,50-53H2,1-13H3,(H2,93,106)(H,94,105)(H,95,107)(H,96,111)(H,97,112)(H,98,114)(H,99,115)(H,100,108)(H,101,109)(H,102,110)/t54-,55-,56-,57-,58-,59-,75-,76-/m0/s1.